The van der Waals surface area contributed by atoms with Crippen molar-refractivity contribution in [1.82, 2.24) is 15.0 Å². The number of nitro groups is 1. The van der Waals surface area contributed by atoms with E-state index in [2.05, 4.69) is 25.6 Å². The Balaban J connectivity index is 1.96. The fraction of sp³-hybridized carbons (Fsp3) is 0. The molecular weight excluding hydrogens is 403 g/mol. The molecule has 0 aliphatic rings. The molecule has 11 heteroatoms. The molecule has 8 nitrogen and oxygen atoms in total. The molecule has 26 heavy (non-hydrogen) atoms. The number of nitrogens with one attached hydrogen (secondary N) is 2. The van der Waals surface area contributed by atoms with Gasteiger partial charge >= 0.3 is 5.69 Å². The van der Waals surface area contributed by atoms with Crippen LogP contribution in [0, 0.1) is 10.1 Å². The summed E-state index contributed by atoms with van der Waals surface area (Å²) in [7, 11) is 0. The highest BCUT2D eigenvalue weighted by Gasteiger charge is 2.23. The van der Waals surface area contributed by atoms with Crippen LogP contribution in [-0.4, -0.2) is 19.9 Å². The Morgan fingerprint density at radius 2 is 1.65 bits per heavy atom. The molecule has 1 aromatic carbocycles. The number of halogens is 3. The van der Waals surface area contributed by atoms with Crippen molar-refractivity contribution in [2.45, 2.75) is 0 Å². The summed E-state index contributed by atoms with van der Waals surface area (Å²) in [4.78, 5) is 22.9. The highest BCUT2D eigenvalue weighted by atomic mass is 35.5. The van der Waals surface area contributed by atoms with Gasteiger partial charge in [-0.25, -0.2) is 15.0 Å². The Kier molecular flexibility index (Phi) is 5.36. The zero-order valence-corrected chi connectivity index (χ0v) is 15.0. The van der Waals surface area contributed by atoms with Crippen LogP contribution in [0.5, 0.6) is 0 Å². The van der Waals surface area contributed by atoms with Crippen molar-refractivity contribution in [3.8, 4) is 0 Å². The summed E-state index contributed by atoms with van der Waals surface area (Å²) in [6.45, 7) is 0. The maximum atomic E-state index is 11.6. The van der Waals surface area contributed by atoms with E-state index in [1.807, 2.05) is 0 Å². The summed E-state index contributed by atoms with van der Waals surface area (Å²) in [6, 6.07) is 7.88. The van der Waals surface area contributed by atoms with Crippen LogP contribution in [0.4, 0.5) is 28.8 Å². The van der Waals surface area contributed by atoms with Crippen LogP contribution in [0.3, 0.4) is 0 Å². The molecule has 2 aromatic heterocycles. The van der Waals surface area contributed by atoms with E-state index in [1.54, 1.807) is 24.3 Å². The first kappa shape index (κ1) is 18.1. The van der Waals surface area contributed by atoms with Crippen molar-refractivity contribution < 1.29 is 4.92 Å². The molecule has 0 bridgehead atoms. The zero-order valence-electron chi connectivity index (χ0n) is 12.8. The van der Waals surface area contributed by atoms with Crippen LogP contribution in [-0.2, 0) is 0 Å². The summed E-state index contributed by atoms with van der Waals surface area (Å²) in [5.41, 5.74) is 0.132. The van der Waals surface area contributed by atoms with Gasteiger partial charge in [0.15, 0.2) is 0 Å². The quantitative estimate of drug-likeness (QED) is 0.437. The largest absolute Gasteiger partial charge is 0.353 e. The van der Waals surface area contributed by atoms with E-state index in [4.69, 9.17) is 34.8 Å². The predicted octanol–water partition coefficient (Wildman–Crippen LogP) is 5.23. The standard InChI is InChI=1S/C15H9Cl3N6O2/c16-8-1-4-12(19-6-8)23-15-13(24(25)26)14(20-7-21-15)22-9-2-3-10(17)11(18)5-9/h1-7H,(H2,19,20,21,22,23). The molecule has 2 heterocycles. The van der Waals surface area contributed by atoms with Crippen LogP contribution in [0.25, 0.3) is 0 Å². The first-order valence-corrected chi connectivity index (χ1v) is 8.17. The highest BCUT2D eigenvalue weighted by Crippen LogP contribution is 2.34. The number of hydrogen-bond donors (Lipinski definition) is 2. The van der Waals surface area contributed by atoms with E-state index in [0.717, 1.165) is 0 Å². The number of rotatable bonds is 5. The van der Waals surface area contributed by atoms with E-state index in [9.17, 15) is 10.1 Å². The van der Waals surface area contributed by atoms with Crippen LogP contribution in [0.2, 0.25) is 15.1 Å². The SMILES string of the molecule is O=[N+]([O-])c1c(Nc2ccc(Cl)c(Cl)c2)ncnc1Nc1ccc(Cl)cn1. The van der Waals surface area contributed by atoms with Gasteiger partial charge in [0, 0.05) is 11.9 Å². The molecule has 0 saturated carbocycles. The Morgan fingerprint density at radius 3 is 2.27 bits per heavy atom. The number of nitrogens with zero attached hydrogens (tertiary/aromatic N) is 4. The Bertz CT molecular complexity index is 968. The number of benzene rings is 1. The second-order valence-electron chi connectivity index (χ2n) is 4.92. The second-order valence-corrected chi connectivity index (χ2v) is 6.17. The minimum atomic E-state index is -0.599. The lowest BCUT2D eigenvalue weighted by Crippen LogP contribution is -2.06. The van der Waals surface area contributed by atoms with E-state index in [0.29, 0.717) is 26.6 Å². The monoisotopic (exact) mass is 410 g/mol. The van der Waals surface area contributed by atoms with Crippen LogP contribution in [0.15, 0.2) is 42.9 Å². The lowest BCUT2D eigenvalue weighted by Gasteiger charge is -2.10. The predicted molar refractivity (Wildman–Crippen MR) is 101 cm³/mol. The molecular formula is C15H9Cl3N6O2. The summed E-state index contributed by atoms with van der Waals surface area (Å²) < 4.78 is 0. The van der Waals surface area contributed by atoms with Crippen LogP contribution >= 0.6 is 34.8 Å². The smallest absolute Gasteiger partial charge is 0.334 e. The van der Waals surface area contributed by atoms with E-state index in [-0.39, 0.29) is 17.3 Å². The minimum absolute atomic E-state index is 0.0140. The molecule has 0 saturated heterocycles. The van der Waals surface area contributed by atoms with Gasteiger partial charge in [0.1, 0.15) is 12.1 Å². The summed E-state index contributed by atoms with van der Waals surface area (Å²) in [5.74, 6) is 0.305. The number of pyridine rings is 1. The molecule has 3 aromatic rings. The van der Waals surface area contributed by atoms with Crippen molar-refractivity contribution in [2.75, 3.05) is 10.6 Å². The Hall–Kier alpha value is -2.68. The molecule has 0 amide bonds. The minimum Gasteiger partial charge on any atom is -0.334 e. The van der Waals surface area contributed by atoms with Gasteiger partial charge in [-0.05, 0) is 30.3 Å². The molecule has 0 unspecified atom stereocenters. The van der Waals surface area contributed by atoms with Crippen LogP contribution < -0.4 is 10.6 Å². The molecule has 0 atom stereocenters. The number of hydrogen-bond acceptors (Lipinski definition) is 7. The third-order valence-electron chi connectivity index (χ3n) is 3.16. The topological polar surface area (TPSA) is 106 Å². The molecule has 132 valence electrons. The average Bonchev–Trinajstić information content (AvgIpc) is 2.60. The molecule has 0 radical (unpaired) electrons. The van der Waals surface area contributed by atoms with Crippen molar-refractivity contribution in [1.29, 1.82) is 0 Å². The molecule has 0 fully saturated rings. The number of aromatic nitrogens is 3. The van der Waals surface area contributed by atoms with Crippen LogP contribution in [0.1, 0.15) is 0 Å². The average molecular weight is 412 g/mol. The van der Waals surface area contributed by atoms with Crippen molar-refractivity contribution in [2.24, 2.45) is 0 Å². The first-order valence-electron chi connectivity index (χ1n) is 7.04. The van der Waals surface area contributed by atoms with Gasteiger partial charge in [0.25, 0.3) is 0 Å². The molecule has 2 N–H and O–H groups in total. The second kappa shape index (κ2) is 7.69. The van der Waals surface area contributed by atoms with E-state index < -0.39 is 4.92 Å². The van der Waals surface area contributed by atoms with Gasteiger partial charge in [-0.1, -0.05) is 34.8 Å². The number of anilines is 4. The highest BCUT2D eigenvalue weighted by molar-refractivity contribution is 6.42. The third kappa shape index (κ3) is 4.10. The van der Waals surface area contributed by atoms with Gasteiger partial charge in [-0.3, -0.25) is 10.1 Å². The van der Waals surface area contributed by atoms with Crippen molar-refractivity contribution >= 4 is 63.6 Å². The Morgan fingerprint density at radius 1 is 0.923 bits per heavy atom. The van der Waals surface area contributed by atoms with Crippen molar-refractivity contribution in [3.63, 3.8) is 0 Å². The third-order valence-corrected chi connectivity index (χ3v) is 4.12. The van der Waals surface area contributed by atoms with Gasteiger partial charge < -0.3 is 10.6 Å². The molecule has 3 rings (SSSR count). The Labute approximate surface area is 162 Å². The molecule has 0 aliphatic carbocycles. The zero-order chi connectivity index (χ0) is 18.7. The van der Waals surface area contributed by atoms with Gasteiger partial charge in [0.2, 0.25) is 11.6 Å². The first-order chi connectivity index (χ1) is 12.4. The molecule has 0 aliphatic heterocycles. The fourth-order valence-electron chi connectivity index (χ4n) is 2.02. The summed E-state index contributed by atoms with van der Waals surface area (Å²) in [6.07, 6.45) is 2.59. The van der Waals surface area contributed by atoms with Gasteiger partial charge in [0.05, 0.1) is 20.0 Å². The van der Waals surface area contributed by atoms with Crippen molar-refractivity contribution in [3.05, 3.63) is 68.0 Å². The fourth-order valence-corrected chi connectivity index (χ4v) is 2.43. The van der Waals surface area contributed by atoms with Gasteiger partial charge in [-0.2, -0.15) is 0 Å². The normalized spacial score (nSPS) is 10.4. The lowest BCUT2D eigenvalue weighted by molar-refractivity contribution is -0.383. The molecule has 0 spiro atoms. The maximum Gasteiger partial charge on any atom is 0.353 e. The van der Waals surface area contributed by atoms with Gasteiger partial charge in [-0.15, -0.1) is 0 Å². The van der Waals surface area contributed by atoms with E-state index >= 15 is 0 Å². The summed E-state index contributed by atoms with van der Waals surface area (Å²) in [5, 5.41) is 18.3. The summed E-state index contributed by atoms with van der Waals surface area (Å²) >= 11 is 17.6. The maximum absolute atomic E-state index is 11.6. The van der Waals surface area contributed by atoms with E-state index in [1.165, 1.54) is 18.6 Å². The lowest BCUT2D eigenvalue weighted by atomic mass is 10.3.